The fraction of sp³-hybridized carbons (Fsp3) is 0.308. The van der Waals surface area contributed by atoms with Crippen molar-refractivity contribution in [1.29, 1.82) is 0 Å². The Morgan fingerprint density at radius 2 is 2.25 bits per heavy atom. The second kappa shape index (κ2) is 4.94. The lowest BCUT2D eigenvalue weighted by molar-refractivity contribution is -0.137. The Bertz CT molecular complexity index is 421. The smallest absolute Gasteiger partial charge is 0.330 e. The number of hydrogen-bond donors (Lipinski definition) is 0. The van der Waals surface area contributed by atoms with Crippen molar-refractivity contribution in [2.75, 3.05) is 6.61 Å². The summed E-state index contributed by atoms with van der Waals surface area (Å²) in [5, 5.41) is 0. The van der Waals surface area contributed by atoms with Crippen molar-refractivity contribution in [3.05, 3.63) is 41.0 Å². The van der Waals surface area contributed by atoms with E-state index >= 15 is 0 Å². The summed E-state index contributed by atoms with van der Waals surface area (Å²) < 4.78 is 10.1. The molecule has 0 fully saturated rings. The third-order valence-corrected chi connectivity index (χ3v) is 2.44. The van der Waals surface area contributed by atoms with E-state index in [0.29, 0.717) is 19.8 Å². The highest BCUT2D eigenvalue weighted by molar-refractivity contribution is 5.87. The lowest BCUT2D eigenvalue weighted by Crippen LogP contribution is -1.98. The molecule has 0 unspecified atom stereocenters. The largest absolute Gasteiger partial charge is 0.463 e. The number of esters is 1. The molecule has 0 aliphatic carbocycles. The zero-order valence-corrected chi connectivity index (χ0v) is 9.23. The SMILES string of the molecule is CCOC(=O)/C=C/c1ccc2c(c1)COC2. The minimum Gasteiger partial charge on any atom is -0.463 e. The zero-order valence-electron chi connectivity index (χ0n) is 9.23. The number of fused-ring (bicyclic) bond motifs is 1. The molecule has 1 aliphatic heterocycles. The Kier molecular flexibility index (Phi) is 3.37. The van der Waals surface area contributed by atoms with E-state index in [2.05, 4.69) is 0 Å². The first-order chi connectivity index (χ1) is 7.79. The van der Waals surface area contributed by atoms with Crippen LogP contribution in [-0.4, -0.2) is 12.6 Å². The van der Waals surface area contributed by atoms with Crippen molar-refractivity contribution in [1.82, 2.24) is 0 Å². The number of benzene rings is 1. The molecule has 0 radical (unpaired) electrons. The molecule has 0 bridgehead atoms. The van der Waals surface area contributed by atoms with Crippen molar-refractivity contribution >= 4 is 12.0 Å². The molecule has 16 heavy (non-hydrogen) atoms. The number of rotatable bonds is 3. The lowest BCUT2D eigenvalue weighted by atomic mass is 10.1. The summed E-state index contributed by atoms with van der Waals surface area (Å²) in [6.07, 6.45) is 3.21. The Morgan fingerprint density at radius 1 is 1.44 bits per heavy atom. The zero-order chi connectivity index (χ0) is 11.4. The molecular weight excluding hydrogens is 204 g/mol. The monoisotopic (exact) mass is 218 g/mol. The fourth-order valence-corrected chi connectivity index (χ4v) is 1.65. The first kappa shape index (κ1) is 10.9. The standard InChI is InChI=1S/C13H14O3/c1-2-16-13(14)6-4-10-3-5-11-8-15-9-12(11)7-10/h3-7H,2,8-9H2,1H3/b6-4+. The molecule has 0 N–H and O–H groups in total. The molecule has 0 spiro atoms. The van der Waals surface area contributed by atoms with Gasteiger partial charge in [0.2, 0.25) is 0 Å². The molecule has 0 amide bonds. The van der Waals surface area contributed by atoms with Crippen molar-refractivity contribution in [2.24, 2.45) is 0 Å². The minimum absolute atomic E-state index is 0.306. The maximum atomic E-state index is 11.1. The van der Waals surface area contributed by atoms with Crippen LogP contribution >= 0.6 is 0 Å². The van der Waals surface area contributed by atoms with Gasteiger partial charge >= 0.3 is 5.97 Å². The first-order valence-corrected chi connectivity index (χ1v) is 5.34. The van der Waals surface area contributed by atoms with Crippen LogP contribution in [0.5, 0.6) is 0 Å². The predicted octanol–water partition coefficient (Wildman–Crippen LogP) is 2.29. The lowest BCUT2D eigenvalue weighted by Gasteiger charge is -1.99. The maximum absolute atomic E-state index is 11.1. The maximum Gasteiger partial charge on any atom is 0.330 e. The van der Waals surface area contributed by atoms with Gasteiger partial charge in [0.1, 0.15) is 0 Å². The van der Waals surface area contributed by atoms with Gasteiger partial charge in [-0.1, -0.05) is 12.1 Å². The second-order valence-corrected chi connectivity index (χ2v) is 3.61. The average Bonchev–Trinajstić information content (AvgIpc) is 2.74. The van der Waals surface area contributed by atoms with Crippen LogP contribution in [0, 0.1) is 0 Å². The normalized spacial score (nSPS) is 14.1. The Labute approximate surface area is 94.7 Å². The number of carbonyl (C=O) groups excluding carboxylic acids is 1. The molecule has 3 nitrogen and oxygen atoms in total. The van der Waals surface area contributed by atoms with E-state index in [0.717, 1.165) is 5.56 Å². The van der Waals surface area contributed by atoms with Crippen LogP contribution < -0.4 is 0 Å². The van der Waals surface area contributed by atoms with Gasteiger partial charge in [0.05, 0.1) is 19.8 Å². The van der Waals surface area contributed by atoms with Gasteiger partial charge in [-0.2, -0.15) is 0 Å². The van der Waals surface area contributed by atoms with Gasteiger partial charge in [0.25, 0.3) is 0 Å². The van der Waals surface area contributed by atoms with E-state index in [9.17, 15) is 4.79 Å². The van der Waals surface area contributed by atoms with E-state index in [1.54, 1.807) is 13.0 Å². The number of hydrogen-bond acceptors (Lipinski definition) is 3. The highest BCUT2D eigenvalue weighted by Gasteiger charge is 2.10. The number of ether oxygens (including phenoxy) is 2. The van der Waals surface area contributed by atoms with Crippen LogP contribution in [0.3, 0.4) is 0 Å². The molecular formula is C13H14O3. The Morgan fingerprint density at radius 3 is 3.06 bits per heavy atom. The van der Waals surface area contributed by atoms with Crippen LogP contribution in [0.4, 0.5) is 0 Å². The summed E-state index contributed by atoms with van der Waals surface area (Å²) in [5.41, 5.74) is 3.43. The topological polar surface area (TPSA) is 35.5 Å². The summed E-state index contributed by atoms with van der Waals surface area (Å²) >= 11 is 0. The van der Waals surface area contributed by atoms with Crippen LogP contribution in [0.15, 0.2) is 24.3 Å². The predicted molar refractivity (Wildman–Crippen MR) is 60.6 cm³/mol. The molecule has 84 valence electrons. The van der Waals surface area contributed by atoms with Gasteiger partial charge in [-0.3, -0.25) is 0 Å². The molecule has 0 atom stereocenters. The summed E-state index contributed by atoms with van der Waals surface area (Å²) in [6.45, 7) is 3.55. The summed E-state index contributed by atoms with van der Waals surface area (Å²) in [5.74, 6) is -0.306. The van der Waals surface area contributed by atoms with Crippen LogP contribution in [0.1, 0.15) is 23.6 Å². The minimum atomic E-state index is -0.306. The second-order valence-electron chi connectivity index (χ2n) is 3.61. The van der Waals surface area contributed by atoms with E-state index in [1.165, 1.54) is 17.2 Å². The van der Waals surface area contributed by atoms with E-state index in [4.69, 9.17) is 9.47 Å². The van der Waals surface area contributed by atoms with Gasteiger partial charge in [0.15, 0.2) is 0 Å². The van der Waals surface area contributed by atoms with Crippen LogP contribution in [0.25, 0.3) is 6.08 Å². The molecule has 0 aromatic heterocycles. The van der Waals surface area contributed by atoms with Gasteiger partial charge in [-0.15, -0.1) is 0 Å². The molecule has 1 aromatic rings. The van der Waals surface area contributed by atoms with E-state index in [-0.39, 0.29) is 5.97 Å². The van der Waals surface area contributed by atoms with Gasteiger partial charge < -0.3 is 9.47 Å². The van der Waals surface area contributed by atoms with E-state index in [1.807, 2.05) is 18.2 Å². The summed E-state index contributed by atoms with van der Waals surface area (Å²) in [6, 6.07) is 6.05. The molecule has 0 saturated carbocycles. The van der Waals surface area contributed by atoms with E-state index < -0.39 is 0 Å². The van der Waals surface area contributed by atoms with Crippen LogP contribution in [0.2, 0.25) is 0 Å². The number of carbonyl (C=O) groups is 1. The quantitative estimate of drug-likeness (QED) is 0.576. The first-order valence-electron chi connectivity index (χ1n) is 5.34. The summed E-state index contributed by atoms with van der Waals surface area (Å²) in [7, 11) is 0. The van der Waals surface area contributed by atoms with Crippen molar-refractivity contribution < 1.29 is 14.3 Å². The van der Waals surface area contributed by atoms with Crippen molar-refractivity contribution in [3.63, 3.8) is 0 Å². The molecule has 2 rings (SSSR count). The highest BCUT2D eigenvalue weighted by Crippen LogP contribution is 2.21. The molecule has 3 heteroatoms. The van der Waals surface area contributed by atoms with Gasteiger partial charge in [0, 0.05) is 6.08 Å². The molecule has 1 aliphatic rings. The summed E-state index contributed by atoms with van der Waals surface area (Å²) in [4.78, 5) is 11.1. The molecule has 0 saturated heterocycles. The van der Waals surface area contributed by atoms with Crippen LogP contribution in [-0.2, 0) is 27.5 Å². The van der Waals surface area contributed by atoms with Gasteiger partial charge in [-0.25, -0.2) is 4.79 Å². The van der Waals surface area contributed by atoms with Gasteiger partial charge in [-0.05, 0) is 35.8 Å². The van der Waals surface area contributed by atoms with Crippen molar-refractivity contribution in [3.8, 4) is 0 Å². The Hall–Kier alpha value is -1.61. The third-order valence-electron chi connectivity index (χ3n) is 2.44. The van der Waals surface area contributed by atoms with Crippen molar-refractivity contribution in [2.45, 2.75) is 20.1 Å². The fourth-order valence-electron chi connectivity index (χ4n) is 1.65. The molecule has 1 aromatic carbocycles. The third kappa shape index (κ3) is 2.49. The average molecular weight is 218 g/mol. The Balaban J connectivity index is 2.08. The highest BCUT2D eigenvalue weighted by atomic mass is 16.5. The molecule has 1 heterocycles.